The van der Waals surface area contributed by atoms with Gasteiger partial charge in [-0.15, -0.1) is 0 Å². The lowest BCUT2D eigenvalue weighted by atomic mass is 10.1. The summed E-state index contributed by atoms with van der Waals surface area (Å²) in [6, 6.07) is 10.8. The average Bonchev–Trinajstić information content (AvgIpc) is 2.41. The number of hydrogen-bond acceptors (Lipinski definition) is 3. The summed E-state index contributed by atoms with van der Waals surface area (Å²) in [7, 11) is 0. The Hall–Kier alpha value is -1.65. The number of nitrogens with two attached hydrogens (primary N) is 1. The van der Waals surface area contributed by atoms with E-state index >= 15 is 0 Å². The van der Waals surface area contributed by atoms with Crippen LogP contribution in [0.25, 0.3) is 0 Å². The van der Waals surface area contributed by atoms with Crippen LogP contribution in [-0.2, 0) is 6.42 Å². The van der Waals surface area contributed by atoms with E-state index in [0.29, 0.717) is 17.3 Å². The zero-order valence-electron chi connectivity index (χ0n) is 10.4. The van der Waals surface area contributed by atoms with Gasteiger partial charge in [0.15, 0.2) is 0 Å². The summed E-state index contributed by atoms with van der Waals surface area (Å²) in [4.78, 5) is 4.47. The van der Waals surface area contributed by atoms with E-state index in [4.69, 9.17) is 34.3 Å². The van der Waals surface area contributed by atoms with Crippen LogP contribution in [0.15, 0.2) is 36.4 Å². The molecule has 3 nitrogen and oxygen atoms in total. The summed E-state index contributed by atoms with van der Waals surface area (Å²) in [5, 5.41) is 0.736. The summed E-state index contributed by atoms with van der Waals surface area (Å²) < 4.78 is 5.68. The molecule has 98 valence electrons. The first kappa shape index (κ1) is 13.8. The first-order valence-corrected chi connectivity index (χ1v) is 6.62. The first-order valence-electron chi connectivity index (χ1n) is 5.83. The molecule has 2 rings (SSSR count). The average molecular weight is 293 g/mol. The van der Waals surface area contributed by atoms with Crippen molar-refractivity contribution < 1.29 is 4.74 Å². The molecule has 1 heterocycles. The van der Waals surface area contributed by atoms with Gasteiger partial charge in [-0.3, -0.25) is 0 Å². The molecule has 0 aliphatic carbocycles. The molecular formula is C14H13ClN2OS. The number of thiocarbonyl (C=S) groups is 1. The highest BCUT2D eigenvalue weighted by atomic mass is 35.5. The molecule has 0 unspecified atom stereocenters. The van der Waals surface area contributed by atoms with Crippen LogP contribution < -0.4 is 10.5 Å². The molecule has 0 saturated carbocycles. The highest BCUT2D eigenvalue weighted by Crippen LogP contribution is 2.25. The number of hydrogen-bond donors (Lipinski definition) is 1. The first-order chi connectivity index (χ1) is 9.10. The van der Waals surface area contributed by atoms with Gasteiger partial charge in [-0.2, -0.15) is 0 Å². The monoisotopic (exact) mass is 292 g/mol. The zero-order chi connectivity index (χ0) is 13.8. The van der Waals surface area contributed by atoms with Crippen LogP contribution in [0, 0.1) is 0 Å². The maximum Gasteiger partial charge on any atom is 0.219 e. The Morgan fingerprint density at radius 3 is 2.84 bits per heavy atom. The van der Waals surface area contributed by atoms with Crippen molar-refractivity contribution in [3.8, 4) is 11.6 Å². The van der Waals surface area contributed by atoms with Gasteiger partial charge in [0, 0.05) is 11.1 Å². The van der Waals surface area contributed by atoms with Crippen molar-refractivity contribution in [3.63, 3.8) is 0 Å². The number of aryl methyl sites for hydroxylation is 1. The van der Waals surface area contributed by atoms with Gasteiger partial charge in [-0.1, -0.05) is 36.8 Å². The van der Waals surface area contributed by atoms with Gasteiger partial charge in [0.05, 0.1) is 0 Å². The van der Waals surface area contributed by atoms with Gasteiger partial charge < -0.3 is 10.5 Å². The summed E-state index contributed by atoms with van der Waals surface area (Å²) in [5.41, 5.74) is 7.11. The van der Waals surface area contributed by atoms with Gasteiger partial charge in [-0.05, 0) is 36.2 Å². The third-order valence-electron chi connectivity index (χ3n) is 2.60. The zero-order valence-corrected chi connectivity index (χ0v) is 12.0. The molecule has 0 fully saturated rings. The number of benzene rings is 1. The molecule has 1 aromatic carbocycles. The van der Waals surface area contributed by atoms with Crippen molar-refractivity contribution >= 4 is 28.8 Å². The van der Waals surface area contributed by atoms with E-state index in [9.17, 15) is 0 Å². The van der Waals surface area contributed by atoms with Crippen LogP contribution in [-0.4, -0.2) is 9.97 Å². The van der Waals surface area contributed by atoms with E-state index in [0.717, 1.165) is 17.0 Å². The lowest BCUT2D eigenvalue weighted by Gasteiger charge is -2.08. The van der Waals surface area contributed by atoms with Crippen LogP contribution in [0.2, 0.25) is 5.02 Å². The van der Waals surface area contributed by atoms with Crippen molar-refractivity contribution in [2.45, 2.75) is 13.3 Å². The van der Waals surface area contributed by atoms with E-state index in [-0.39, 0.29) is 4.99 Å². The van der Waals surface area contributed by atoms with Crippen LogP contribution >= 0.6 is 23.8 Å². The molecule has 2 N–H and O–H groups in total. The fraction of sp³-hybridized carbons (Fsp3) is 0.143. The highest BCUT2D eigenvalue weighted by molar-refractivity contribution is 7.80. The number of aromatic nitrogens is 1. The van der Waals surface area contributed by atoms with Crippen LogP contribution in [0.5, 0.6) is 11.6 Å². The predicted octanol–water partition coefficient (Wildman–Crippen LogP) is 3.72. The fourth-order valence-corrected chi connectivity index (χ4v) is 1.98. The van der Waals surface area contributed by atoms with Crippen molar-refractivity contribution in [2.24, 2.45) is 5.73 Å². The number of nitrogens with zero attached hydrogens (tertiary/aromatic N) is 1. The SMILES string of the molecule is CCc1cc(Oc2cccc(C(N)=S)n2)ccc1Cl. The topological polar surface area (TPSA) is 48.1 Å². The van der Waals surface area contributed by atoms with Crippen molar-refractivity contribution in [1.82, 2.24) is 4.98 Å². The third kappa shape index (κ3) is 3.43. The number of halogens is 1. The standard InChI is InChI=1S/C14H13ClN2OS/c1-2-9-8-10(6-7-11(9)15)18-13-5-3-4-12(17-13)14(16)19/h3-8H,2H2,1H3,(H2,16,19). The fourth-order valence-electron chi connectivity index (χ4n) is 1.62. The second-order valence-electron chi connectivity index (χ2n) is 3.93. The molecule has 0 spiro atoms. The third-order valence-corrected chi connectivity index (χ3v) is 3.17. The maximum absolute atomic E-state index is 6.06. The Bertz CT molecular complexity index is 616. The summed E-state index contributed by atoms with van der Waals surface area (Å²) >= 11 is 10.9. The minimum absolute atomic E-state index is 0.246. The molecular weight excluding hydrogens is 280 g/mol. The molecule has 0 aliphatic heterocycles. The maximum atomic E-state index is 6.06. The number of pyridine rings is 1. The largest absolute Gasteiger partial charge is 0.439 e. The highest BCUT2D eigenvalue weighted by Gasteiger charge is 2.05. The Balaban J connectivity index is 2.26. The minimum Gasteiger partial charge on any atom is -0.439 e. The smallest absolute Gasteiger partial charge is 0.219 e. The minimum atomic E-state index is 0.246. The quantitative estimate of drug-likeness (QED) is 0.873. The predicted molar refractivity (Wildman–Crippen MR) is 81.0 cm³/mol. The van der Waals surface area contributed by atoms with Gasteiger partial charge in [-0.25, -0.2) is 4.98 Å². The molecule has 19 heavy (non-hydrogen) atoms. The van der Waals surface area contributed by atoms with E-state index in [1.165, 1.54) is 0 Å². The molecule has 0 radical (unpaired) electrons. The van der Waals surface area contributed by atoms with Gasteiger partial charge >= 0.3 is 0 Å². The van der Waals surface area contributed by atoms with Crippen LogP contribution in [0.1, 0.15) is 18.2 Å². The van der Waals surface area contributed by atoms with Gasteiger partial charge in [0.25, 0.3) is 0 Å². The Morgan fingerprint density at radius 1 is 1.37 bits per heavy atom. The molecule has 2 aromatic rings. The molecule has 0 bridgehead atoms. The summed E-state index contributed by atoms with van der Waals surface area (Å²) in [5.74, 6) is 1.14. The van der Waals surface area contributed by atoms with Crippen LogP contribution in [0.3, 0.4) is 0 Å². The molecule has 0 amide bonds. The lowest BCUT2D eigenvalue weighted by Crippen LogP contribution is -2.11. The Labute approximate surface area is 122 Å². The molecule has 5 heteroatoms. The number of rotatable bonds is 4. The normalized spacial score (nSPS) is 10.2. The summed E-state index contributed by atoms with van der Waals surface area (Å²) in [6.07, 6.45) is 0.844. The van der Waals surface area contributed by atoms with Gasteiger partial charge in [0.1, 0.15) is 16.4 Å². The second kappa shape index (κ2) is 5.99. The van der Waals surface area contributed by atoms with E-state index in [1.54, 1.807) is 24.3 Å². The molecule has 0 aliphatic rings. The van der Waals surface area contributed by atoms with Crippen molar-refractivity contribution in [2.75, 3.05) is 0 Å². The molecule has 0 saturated heterocycles. The van der Waals surface area contributed by atoms with E-state index in [2.05, 4.69) is 4.98 Å². The van der Waals surface area contributed by atoms with Gasteiger partial charge in [0.2, 0.25) is 5.88 Å². The van der Waals surface area contributed by atoms with Crippen LogP contribution in [0.4, 0.5) is 0 Å². The Kier molecular flexibility index (Phi) is 4.35. The summed E-state index contributed by atoms with van der Waals surface area (Å²) in [6.45, 7) is 2.04. The number of ether oxygens (including phenoxy) is 1. The second-order valence-corrected chi connectivity index (χ2v) is 4.78. The van der Waals surface area contributed by atoms with E-state index < -0.39 is 0 Å². The van der Waals surface area contributed by atoms with Crippen molar-refractivity contribution in [1.29, 1.82) is 0 Å². The van der Waals surface area contributed by atoms with Crippen molar-refractivity contribution in [3.05, 3.63) is 52.7 Å². The Morgan fingerprint density at radius 2 is 2.16 bits per heavy atom. The van der Waals surface area contributed by atoms with E-state index in [1.807, 2.05) is 19.1 Å². The lowest BCUT2D eigenvalue weighted by molar-refractivity contribution is 0.462. The molecule has 0 atom stereocenters. The molecule has 1 aromatic heterocycles.